The Morgan fingerprint density at radius 3 is 2.29 bits per heavy atom. The smallest absolute Gasteiger partial charge is 0.0509 e. The van der Waals surface area contributed by atoms with Crippen molar-refractivity contribution in [1.82, 2.24) is 5.32 Å². The van der Waals surface area contributed by atoms with E-state index in [0.717, 1.165) is 25.0 Å². The number of hydrogen-bond acceptors (Lipinski definition) is 2. The molecule has 0 amide bonds. The van der Waals surface area contributed by atoms with E-state index in [1.54, 1.807) is 0 Å². The van der Waals surface area contributed by atoms with Gasteiger partial charge in [-0.3, -0.25) is 0 Å². The summed E-state index contributed by atoms with van der Waals surface area (Å²) in [6.07, 6.45) is 5.55. The van der Waals surface area contributed by atoms with Gasteiger partial charge in [0, 0.05) is 18.7 Å². The third-order valence-electron chi connectivity index (χ3n) is 4.05. The Kier molecular flexibility index (Phi) is 3.45. The van der Waals surface area contributed by atoms with Crippen LogP contribution in [0.25, 0.3) is 0 Å². The van der Waals surface area contributed by atoms with Gasteiger partial charge in [-0.25, -0.2) is 0 Å². The lowest BCUT2D eigenvalue weighted by atomic mass is 9.80. The van der Waals surface area contributed by atoms with Crippen molar-refractivity contribution in [1.29, 1.82) is 0 Å². The third kappa shape index (κ3) is 2.29. The van der Waals surface area contributed by atoms with Crippen LogP contribution in [0.5, 0.6) is 0 Å². The second-order valence-electron chi connectivity index (χ2n) is 5.06. The Balaban J connectivity index is 1.72. The van der Waals surface area contributed by atoms with Crippen LogP contribution in [-0.4, -0.2) is 25.3 Å². The van der Waals surface area contributed by atoms with Gasteiger partial charge in [-0.15, -0.1) is 0 Å². The molecule has 2 aliphatic rings. The number of ether oxygens (including phenoxy) is 1. The summed E-state index contributed by atoms with van der Waals surface area (Å²) in [7, 11) is 0. The second kappa shape index (κ2) is 4.63. The predicted molar refractivity (Wildman–Crippen MR) is 58.3 cm³/mol. The van der Waals surface area contributed by atoms with Crippen molar-refractivity contribution in [2.45, 2.75) is 51.6 Å². The maximum Gasteiger partial charge on any atom is 0.0509 e. The third-order valence-corrected chi connectivity index (χ3v) is 4.05. The van der Waals surface area contributed by atoms with Gasteiger partial charge in [0.15, 0.2) is 0 Å². The van der Waals surface area contributed by atoms with Gasteiger partial charge in [0.1, 0.15) is 0 Å². The van der Waals surface area contributed by atoms with E-state index in [1.807, 2.05) is 0 Å². The van der Waals surface area contributed by atoms with Crippen LogP contribution < -0.4 is 5.32 Å². The molecule has 82 valence electrons. The maximum atomic E-state index is 5.42. The molecule has 0 radical (unpaired) electrons. The topological polar surface area (TPSA) is 21.3 Å². The highest BCUT2D eigenvalue weighted by Gasteiger charge is 2.28. The van der Waals surface area contributed by atoms with Gasteiger partial charge in [0.25, 0.3) is 0 Å². The Bertz CT molecular complexity index is 173. The quantitative estimate of drug-likeness (QED) is 0.746. The van der Waals surface area contributed by atoms with Crippen molar-refractivity contribution in [2.24, 2.45) is 11.8 Å². The highest BCUT2D eigenvalue weighted by molar-refractivity contribution is 4.84. The zero-order valence-corrected chi connectivity index (χ0v) is 9.46. The van der Waals surface area contributed by atoms with Gasteiger partial charge in [-0.05, 0) is 44.9 Å². The van der Waals surface area contributed by atoms with E-state index in [0.29, 0.717) is 12.1 Å². The first kappa shape index (κ1) is 10.4. The predicted octanol–water partition coefficient (Wildman–Crippen LogP) is 2.19. The minimum Gasteiger partial charge on any atom is -0.381 e. The molecule has 1 aliphatic heterocycles. The Hall–Kier alpha value is -0.0800. The summed E-state index contributed by atoms with van der Waals surface area (Å²) in [5, 5.41) is 3.74. The van der Waals surface area contributed by atoms with E-state index < -0.39 is 0 Å². The molecule has 3 atom stereocenters. The molecule has 3 unspecified atom stereocenters. The van der Waals surface area contributed by atoms with Crippen molar-refractivity contribution in [3.8, 4) is 0 Å². The highest BCUT2D eigenvalue weighted by Crippen LogP contribution is 2.30. The van der Waals surface area contributed by atoms with Crippen LogP contribution in [-0.2, 0) is 4.74 Å². The molecule has 2 rings (SSSR count). The van der Waals surface area contributed by atoms with E-state index in [1.165, 1.54) is 25.7 Å². The summed E-state index contributed by atoms with van der Waals surface area (Å²) in [6.45, 7) is 6.59. The second-order valence-corrected chi connectivity index (χ2v) is 5.06. The fourth-order valence-electron chi connectivity index (χ4n) is 2.57. The summed E-state index contributed by atoms with van der Waals surface area (Å²) in [6, 6.07) is 1.34. The lowest BCUT2D eigenvalue weighted by Gasteiger charge is -2.35. The number of nitrogens with one attached hydrogen (secondary N) is 1. The van der Waals surface area contributed by atoms with Gasteiger partial charge < -0.3 is 10.1 Å². The summed E-state index contributed by atoms with van der Waals surface area (Å²) in [5.74, 6) is 1.69. The molecule has 0 aromatic rings. The average molecular weight is 197 g/mol. The minimum atomic E-state index is 0.632. The normalized spacial score (nSPS) is 32.6. The van der Waals surface area contributed by atoms with Crippen LogP contribution in [0.1, 0.15) is 39.5 Å². The van der Waals surface area contributed by atoms with Crippen LogP contribution in [0, 0.1) is 11.8 Å². The lowest BCUT2D eigenvalue weighted by molar-refractivity contribution is 0.168. The lowest BCUT2D eigenvalue weighted by Crippen LogP contribution is -2.45. The first-order chi connectivity index (χ1) is 6.77. The highest BCUT2D eigenvalue weighted by atomic mass is 16.5. The Morgan fingerprint density at radius 1 is 1.07 bits per heavy atom. The van der Waals surface area contributed by atoms with Gasteiger partial charge in [-0.2, -0.15) is 0 Å². The van der Waals surface area contributed by atoms with Crippen LogP contribution in [0.15, 0.2) is 0 Å². The van der Waals surface area contributed by atoms with Crippen molar-refractivity contribution in [3.05, 3.63) is 0 Å². The van der Waals surface area contributed by atoms with Crippen LogP contribution in [0.3, 0.4) is 0 Å². The Morgan fingerprint density at radius 2 is 1.79 bits per heavy atom. The molecule has 1 saturated carbocycles. The maximum absolute atomic E-state index is 5.42. The fraction of sp³-hybridized carbons (Fsp3) is 1.00. The van der Waals surface area contributed by atoms with Gasteiger partial charge in [0.05, 0.1) is 6.61 Å². The summed E-state index contributed by atoms with van der Waals surface area (Å²) >= 11 is 0. The van der Waals surface area contributed by atoms with E-state index >= 15 is 0 Å². The standard InChI is InChI=1S/C12H23NO/c1-9(11-4-3-5-11)13-10(2)12-6-7-14-8-12/h9-13H,3-8H2,1-2H3. The first-order valence-electron chi connectivity index (χ1n) is 6.11. The van der Waals surface area contributed by atoms with Crippen molar-refractivity contribution in [3.63, 3.8) is 0 Å². The first-order valence-corrected chi connectivity index (χ1v) is 6.11. The summed E-state index contributed by atoms with van der Waals surface area (Å²) < 4.78 is 5.42. The molecular weight excluding hydrogens is 174 g/mol. The molecule has 2 fully saturated rings. The molecule has 1 N–H and O–H groups in total. The Labute approximate surface area is 87.4 Å². The zero-order valence-electron chi connectivity index (χ0n) is 9.46. The van der Waals surface area contributed by atoms with Crippen LogP contribution >= 0.6 is 0 Å². The summed E-state index contributed by atoms with van der Waals surface area (Å²) in [5.41, 5.74) is 0. The van der Waals surface area contributed by atoms with Gasteiger partial charge >= 0.3 is 0 Å². The fourth-order valence-corrected chi connectivity index (χ4v) is 2.57. The van der Waals surface area contributed by atoms with E-state index in [9.17, 15) is 0 Å². The number of rotatable bonds is 4. The van der Waals surface area contributed by atoms with Crippen LogP contribution in [0.2, 0.25) is 0 Å². The largest absolute Gasteiger partial charge is 0.381 e. The van der Waals surface area contributed by atoms with Crippen molar-refractivity contribution in [2.75, 3.05) is 13.2 Å². The molecule has 0 aromatic carbocycles. The molecule has 1 aliphatic carbocycles. The van der Waals surface area contributed by atoms with Crippen molar-refractivity contribution >= 4 is 0 Å². The zero-order chi connectivity index (χ0) is 9.97. The SMILES string of the molecule is CC(NC(C)C1CCOC1)C1CCC1. The number of hydrogen-bond donors (Lipinski definition) is 1. The molecule has 1 heterocycles. The molecule has 1 saturated heterocycles. The van der Waals surface area contributed by atoms with Crippen molar-refractivity contribution < 1.29 is 4.74 Å². The molecule has 2 nitrogen and oxygen atoms in total. The molecule has 0 bridgehead atoms. The monoisotopic (exact) mass is 197 g/mol. The van der Waals surface area contributed by atoms with Crippen LogP contribution in [0.4, 0.5) is 0 Å². The molecular formula is C12H23NO. The summed E-state index contributed by atoms with van der Waals surface area (Å²) in [4.78, 5) is 0. The van der Waals surface area contributed by atoms with Gasteiger partial charge in [0.2, 0.25) is 0 Å². The molecule has 14 heavy (non-hydrogen) atoms. The molecule has 2 heteroatoms. The molecule has 0 aromatic heterocycles. The van der Waals surface area contributed by atoms with Gasteiger partial charge in [-0.1, -0.05) is 6.42 Å². The van der Waals surface area contributed by atoms with E-state index in [-0.39, 0.29) is 0 Å². The van der Waals surface area contributed by atoms with E-state index in [4.69, 9.17) is 4.74 Å². The minimum absolute atomic E-state index is 0.632. The van der Waals surface area contributed by atoms with E-state index in [2.05, 4.69) is 19.2 Å². The average Bonchev–Trinajstić information content (AvgIpc) is 2.51. The molecule has 0 spiro atoms.